The maximum Gasteiger partial charge on any atom is 0.296 e. The smallest absolute Gasteiger partial charge is 0.296 e. The van der Waals surface area contributed by atoms with E-state index >= 15 is 0 Å². The Kier molecular flexibility index (Phi) is 8.72. The summed E-state index contributed by atoms with van der Waals surface area (Å²) in [4.78, 5) is 20.0. The zero-order chi connectivity index (χ0) is 29.0. The summed E-state index contributed by atoms with van der Waals surface area (Å²) in [6, 6.07) is 10.9. The van der Waals surface area contributed by atoms with Crippen molar-refractivity contribution in [3.8, 4) is 17.0 Å². The number of sulfone groups is 1. The highest BCUT2D eigenvalue weighted by Gasteiger charge is 2.32. The number of methoxy groups -OCH3 is 1. The van der Waals surface area contributed by atoms with Gasteiger partial charge in [-0.15, -0.1) is 0 Å². The third kappa shape index (κ3) is 5.79. The maximum atomic E-state index is 14.1. The lowest BCUT2D eigenvalue weighted by Gasteiger charge is -2.25. The molecular formula is C28H27F2N3O6S. The second-order valence-electron chi connectivity index (χ2n) is 8.83. The molecule has 12 heteroatoms. The predicted octanol–water partition coefficient (Wildman–Crippen LogP) is 4.20. The third-order valence-electron chi connectivity index (χ3n) is 6.23. The molecule has 4 aromatic rings. The lowest BCUT2D eigenvalue weighted by atomic mass is 10.1. The molecule has 4 rings (SSSR count). The Morgan fingerprint density at radius 1 is 1.07 bits per heavy atom. The monoisotopic (exact) mass is 571 g/mol. The fourth-order valence-corrected chi connectivity index (χ4v) is 5.72. The van der Waals surface area contributed by atoms with Crippen LogP contribution >= 0.6 is 0 Å². The Hall–Kier alpha value is -4.00. The van der Waals surface area contributed by atoms with Gasteiger partial charge < -0.3 is 14.6 Å². The molecule has 1 atom stereocenters. The molecule has 0 aliphatic rings. The van der Waals surface area contributed by atoms with Crippen LogP contribution in [0.15, 0.2) is 75.4 Å². The van der Waals surface area contributed by atoms with Gasteiger partial charge in [-0.05, 0) is 55.3 Å². The van der Waals surface area contributed by atoms with Crippen LogP contribution in [0.3, 0.4) is 0 Å². The van der Waals surface area contributed by atoms with Crippen LogP contribution in [-0.2, 0) is 25.9 Å². The van der Waals surface area contributed by atoms with Crippen molar-refractivity contribution in [2.75, 3.05) is 20.3 Å². The Labute approximate surface area is 229 Å². The van der Waals surface area contributed by atoms with E-state index in [2.05, 4.69) is 9.97 Å². The van der Waals surface area contributed by atoms with Gasteiger partial charge in [-0.3, -0.25) is 14.3 Å². The number of halogens is 2. The number of rotatable bonds is 10. The lowest BCUT2D eigenvalue weighted by Crippen LogP contribution is -2.29. The van der Waals surface area contributed by atoms with Crippen molar-refractivity contribution < 1.29 is 31.8 Å². The number of aromatic nitrogens is 3. The second-order valence-corrected chi connectivity index (χ2v) is 10.7. The van der Waals surface area contributed by atoms with Gasteiger partial charge in [0, 0.05) is 37.2 Å². The van der Waals surface area contributed by atoms with Crippen LogP contribution in [0.4, 0.5) is 8.78 Å². The van der Waals surface area contributed by atoms with Gasteiger partial charge in [0.25, 0.3) is 5.56 Å². The molecule has 0 radical (unpaired) electrons. The molecule has 0 aliphatic carbocycles. The van der Waals surface area contributed by atoms with E-state index in [9.17, 15) is 27.1 Å². The highest BCUT2D eigenvalue weighted by molar-refractivity contribution is 7.91. The largest absolute Gasteiger partial charge is 0.493 e. The molecule has 40 heavy (non-hydrogen) atoms. The van der Waals surface area contributed by atoms with Gasteiger partial charge in [0.2, 0.25) is 15.7 Å². The first-order chi connectivity index (χ1) is 19.1. The minimum Gasteiger partial charge on any atom is -0.493 e. The van der Waals surface area contributed by atoms with E-state index in [1.807, 2.05) is 13.0 Å². The fourth-order valence-electron chi connectivity index (χ4n) is 4.37. The fraction of sp³-hybridized carbons (Fsp3) is 0.250. The van der Waals surface area contributed by atoms with Crippen molar-refractivity contribution in [3.63, 3.8) is 0 Å². The molecule has 0 saturated heterocycles. The average Bonchev–Trinajstić information content (AvgIpc) is 2.90. The number of hydrogen-bond acceptors (Lipinski definition) is 8. The molecule has 9 nitrogen and oxygen atoms in total. The van der Waals surface area contributed by atoms with E-state index in [-0.39, 0.29) is 36.1 Å². The summed E-state index contributed by atoms with van der Waals surface area (Å²) in [5.41, 5.74) is 1.04. The predicted molar refractivity (Wildman–Crippen MR) is 142 cm³/mol. The molecule has 0 unspecified atom stereocenters. The van der Waals surface area contributed by atoms with Crippen LogP contribution in [0.5, 0.6) is 5.88 Å². The van der Waals surface area contributed by atoms with Crippen molar-refractivity contribution in [1.29, 1.82) is 0 Å². The Morgan fingerprint density at radius 2 is 1.75 bits per heavy atom. The average molecular weight is 572 g/mol. The lowest BCUT2D eigenvalue weighted by molar-refractivity contribution is 0.114. The van der Waals surface area contributed by atoms with E-state index in [0.717, 1.165) is 28.0 Å². The first-order valence-corrected chi connectivity index (χ1v) is 13.7. The zero-order valence-corrected chi connectivity index (χ0v) is 22.8. The molecule has 0 aliphatic heterocycles. The number of pyridine rings is 1. The van der Waals surface area contributed by atoms with E-state index in [4.69, 9.17) is 9.47 Å². The van der Waals surface area contributed by atoms with Gasteiger partial charge in [0.15, 0.2) is 4.90 Å². The zero-order valence-electron chi connectivity index (χ0n) is 22.0. The molecule has 0 fully saturated rings. The molecule has 0 saturated carbocycles. The summed E-state index contributed by atoms with van der Waals surface area (Å²) in [5, 5.41) is 11.3. The van der Waals surface area contributed by atoms with Crippen molar-refractivity contribution in [1.82, 2.24) is 14.5 Å². The minimum atomic E-state index is -4.61. The van der Waals surface area contributed by atoms with Gasteiger partial charge in [-0.1, -0.05) is 18.2 Å². The van der Waals surface area contributed by atoms with Crippen LogP contribution < -0.4 is 5.56 Å². The van der Waals surface area contributed by atoms with Gasteiger partial charge >= 0.3 is 0 Å². The Bertz CT molecular complexity index is 1670. The summed E-state index contributed by atoms with van der Waals surface area (Å²) < 4.78 is 67.3. The van der Waals surface area contributed by atoms with Crippen molar-refractivity contribution in [3.05, 3.63) is 99.9 Å². The topological polar surface area (TPSA) is 121 Å². The molecule has 2 heterocycles. The van der Waals surface area contributed by atoms with E-state index in [1.165, 1.54) is 19.2 Å². The minimum absolute atomic E-state index is 0.0115. The Balaban J connectivity index is 1.90. The van der Waals surface area contributed by atoms with Gasteiger partial charge in [-0.25, -0.2) is 17.2 Å². The third-order valence-corrected chi connectivity index (χ3v) is 8.01. The molecular weight excluding hydrogens is 544 g/mol. The second kappa shape index (κ2) is 12.0. The van der Waals surface area contributed by atoms with Crippen LogP contribution in [0.1, 0.15) is 30.0 Å². The quantitative estimate of drug-likeness (QED) is 0.301. The SMILES string of the molecule is CCOCc1nc(=O)c(S(=O)(=O)c2ccc(-c3cccnc3C)cc2)c(O)n1[C@@H](COC)c1cc(F)cc(F)c1. The number of hydrogen-bond donors (Lipinski definition) is 1. The van der Waals surface area contributed by atoms with E-state index < -0.39 is 43.8 Å². The normalized spacial score (nSPS) is 12.4. The van der Waals surface area contributed by atoms with Gasteiger partial charge in [0.05, 0.1) is 17.5 Å². The molecule has 0 bridgehead atoms. The summed E-state index contributed by atoms with van der Waals surface area (Å²) in [6.07, 6.45) is 1.64. The van der Waals surface area contributed by atoms with Crippen LogP contribution in [0.25, 0.3) is 11.1 Å². The number of nitrogens with zero attached hydrogens (tertiary/aromatic N) is 3. The highest BCUT2D eigenvalue weighted by Crippen LogP contribution is 2.33. The highest BCUT2D eigenvalue weighted by atomic mass is 32.2. The van der Waals surface area contributed by atoms with E-state index in [1.54, 1.807) is 31.3 Å². The maximum absolute atomic E-state index is 14.1. The Morgan fingerprint density at radius 3 is 2.35 bits per heavy atom. The van der Waals surface area contributed by atoms with Crippen molar-refractivity contribution >= 4 is 9.84 Å². The van der Waals surface area contributed by atoms with Crippen LogP contribution in [0, 0.1) is 18.6 Å². The number of benzene rings is 2. The summed E-state index contributed by atoms with van der Waals surface area (Å²) in [7, 11) is -3.29. The van der Waals surface area contributed by atoms with Crippen LogP contribution in [-0.4, -0.2) is 48.4 Å². The first-order valence-electron chi connectivity index (χ1n) is 12.2. The first kappa shape index (κ1) is 29.0. The summed E-state index contributed by atoms with van der Waals surface area (Å²) >= 11 is 0. The van der Waals surface area contributed by atoms with E-state index in [0.29, 0.717) is 11.6 Å². The molecule has 210 valence electrons. The van der Waals surface area contributed by atoms with Gasteiger partial charge in [-0.2, -0.15) is 4.98 Å². The standard InChI is InChI=1S/C28H27F2N3O6S/c1-4-39-16-25-32-27(34)26(28(35)33(25)24(15-38-3)19-12-20(29)14-21(30)13-19)40(36,37)22-9-7-18(8-10-22)23-6-5-11-31-17(23)2/h5-14,24,35H,4,15-16H2,1-3H3/t24-/m0/s1. The van der Waals surface area contributed by atoms with Gasteiger partial charge in [0.1, 0.15) is 24.1 Å². The molecule has 1 N–H and O–H groups in total. The summed E-state index contributed by atoms with van der Waals surface area (Å²) in [5.74, 6) is -2.91. The summed E-state index contributed by atoms with van der Waals surface area (Å²) in [6.45, 7) is 3.17. The van der Waals surface area contributed by atoms with Crippen LogP contribution in [0.2, 0.25) is 0 Å². The molecule has 0 spiro atoms. The van der Waals surface area contributed by atoms with Crippen molar-refractivity contribution in [2.45, 2.75) is 36.3 Å². The number of aryl methyl sites for hydroxylation is 1. The van der Waals surface area contributed by atoms with Crippen molar-refractivity contribution in [2.24, 2.45) is 0 Å². The number of ether oxygens (including phenoxy) is 2. The molecule has 2 aromatic heterocycles. The number of aromatic hydroxyl groups is 1. The molecule has 2 aromatic carbocycles. The molecule has 0 amide bonds.